The number of ether oxygens (including phenoxy) is 1. The van der Waals surface area contributed by atoms with Crippen molar-refractivity contribution in [2.24, 2.45) is 7.05 Å². The molecule has 0 aliphatic heterocycles. The lowest BCUT2D eigenvalue weighted by Gasteiger charge is -2.33. The molecular formula is C21H24ClN5O3S. The monoisotopic (exact) mass is 461 g/mol. The van der Waals surface area contributed by atoms with E-state index in [4.69, 9.17) is 16.3 Å². The lowest BCUT2D eigenvalue weighted by Crippen LogP contribution is -2.27. The summed E-state index contributed by atoms with van der Waals surface area (Å²) in [6.07, 6.45) is 8.01. The molecule has 2 aromatic heterocycles. The molecule has 1 N–H and O–H groups in total. The Hall–Kier alpha value is -2.65. The first-order valence-corrected chi connectivity index (χ1v) is 11.9. The molecule has 0 atom stereocenters. The number of aromatic nitrogens is 4. The van der Waals surface area contributed by atoms with Gasteiger partial charge in [0.2, 0.25) is 11.8 Å². The van der Waals surface area contributed by atoms with E-state index >= 15 is 0 Å². The van der Waals surface area contributed by atoms with Gasteiger partial charge in [0.15, 0.2) is 0 Å². The highest BCUT2D eigenvalue weighted by Crippen LogP contribution is 2.39. The molecule has 1 aliphatic rings. The average Bonchev–Trinajstić information content (AvgIpc) is 3.15. The summed E-state index contributed by atoms with van der Waals surface area (Å²) < 4.78 is 35.4. The zero-order valence-corrected chi connectivity index (χ0v) is 18.9. The predicted octanol–water partition coefficient (Wildman–Crippen LogP) is 4.68. The second kappa shape index (κ2) is 8.47. The topological polar surface area (TPSA) is 99.0 Å². The van der Waals surface area contributed by atoms with Crippen molar-refractivity contribution in [3.05, 3.63) is 53.4 Å². The number of sulfonamides is 1. The summed E-state index contributed by atoms with van der Waals surface area (Å²) in [6.45, 7) is 2.15. The molecule has 3 aromatic rings. The highest BCUT2D eigenvalue weighted by Gasteiger charge is 2.32. The summed E-state index contributed by atoms with van der Waals surface area (Å²) in [5.74, 6) is 0.722. The summed E-state index contributed by atoms with van der Waals surface area (Å²) in [4.78, 5) is 8.91. The fourth-order valence-electron chi connectivity index (χ4n) is 3.79. The maximum absolute atomic E-state index is 12.8. The van der Waals surface area contributed by atoms with E-state index in [-0.39, 0.29) is 22.1 Å². The highest BCUT2D eigenvalue weighted by molar-refractivity contribution is 7.92. The third-order valence-electron chi connectivity index (χ3n) is 5.51. The molecule has 1 saturated carbocycles. The minimum atomic E-state index is -3.89. The van der Waals surface area contributed by atoms with Crippen LogP contribution < -0.4 is 9.46 Å². The Labute approximate surface area is 186 Å². The van der Waals surface area contributed by atoms with Crippen LogP contribution in [0, 0.1) is 0 Å². The first kappa shape index (κ1) is 21.6. The molecule has 0 bridgehead atoms. The molecule has 8 nitrogen and oxygen atoms in total. The quantitative estimate of drug-likeness (QED) is 0.572. The Kier molecular flexibility index (Phi) is 5.90. The van der Waals surface area contributed by atoms with E-state index in [1.54, 1.807) is 37.4 Å². The van der Waals surface area contributed by atoms with E-state index < -0.39 is 10.0 Å². The third kappa shape index (κ3) is 4.99. The van der Waals surface area contributed by atoms with Gasteiger partial charge >= 0.3 is 0 Å². The molecule has 4 rings (SSSR count). The van der Waals surface area contributed by atoms with Crippen molar-refractivity contribution in [2.75, 3.05) is 4.72 Å². The number of halogens is 1. The second-order valence-electron chi connectivity index (χ2n) is 8.05. The summed E-state index contributed by atoms with van der Waals surface area (Å²) in [6, 6.07) is 8.74. The molecule has 164 valence electrons. The van der Waals surface area contributed by atoms with Gasteiger partial charge in [-0.15, -0.1) is 0 Å². The Balaban J connectivity index is 1.72. The molecule has 0 spiro atoms. The third-order valence-corrected chi connectivity index (χ3v) is 7.03. The predicted molar refractivity (Wildman–Crippen MR) is 118 cm³/mol. The second-order valence-corrected chi connectivity index (χ2v) is 10.2. The Morgan fingerprint density at radius 1 is 1.16 bits per heavy atom. The lowest BCUT2D eigenvalue weighted by molar-refractivity contribution is 0.310. The van der Waals surface area contributed by atoms with Gasteiger partial charge in [-0.05, 0) is 31.0 Å². The summed E-state index contributed by atoms with van der Waals surface area (Å²) in [5, 5.41) is 4.46. The molecule has 2 heterocycles. The average molecular weight is 462 g/mol. The SMILES string of the molecule is Cn1cc(S(=O)(=O)Nc2nc(Oc3cccc(Cl)c3)cc(C3(C)CCCCC3)n2)cn1. The van der Waals surface area contributed by atoms with Crippen molar-refractivity contribution in [1.82, 2.24) is 19.7 Å². The Morgan fingerprint density at radius 2 is 1.94 bits per heavy atom. The van der Waals surface area contributed by atoms with E-state index in [9.17, 15) is 8.42 Å². The van der Waals surface area contributed by atoms with Crippen molar-refractivity contribution < 1.29 is 13.2 Å². The van der Waals surface area contributed by atoms with Crippen LogP contribution in [0.25, 0.3) is 0 Å². The number of aryl methyl sites for hydroxylation is 1. The van der Waals surface area contributed by atoms with Gasteiger partial charge in [-0.1, -0.05) is 43.9 Å². The molecule has 1 fully saturated rings. The molecule has 31 heavy (non-hydrogen) atoms. The molecule has 0 saturated heterocycles. The minimum Gasteiger partial charge on any atom is -0.439 e. The van der Waals surface area contributed by atoms with Crippen molar-refractivity contribution in [1.29, 1.82) is 0 Å². The van der Waals surface area contributed by atoms with Gasteiger partial charge < -0.3 is 4.74 Å². The smallest absolute Gasteiger partial charge is 0.267 e. The zero-order valence-electron chi connectivity index (χ0n) is 17.4. The first-order chi connectivity index (χ1) is 14.7. The number of nitrogens with zero attached hydrogens (tertiary/aromatic N) is 4. The lowest BCUT2D eigenvalue weighted by atomic mass is 9.73. The van der Waals surface area contributed by atoms with Crippen LogP contribution in [0.5, 0.6) is 11.6 Å². The van der Waals surface area contributed by atoms with Crippen LogP contribution in [0.2, 0.25) is 5.02 Å². The van der Waals surface area contributed by atoms with Gasteiger partial charge in [0.05, 0.1) is 11.9 Å². The normalized spacial score (nSPS) is 16.1. The van der Waals surface area contributed by atoms with Crippen LogP contribution in [0.3, 0.4) is 0 Å². The molecule has 10 heteroatoms. The van der Waals surface area contributed by atoms with E-state index in [1.165, 1.54) is 23.5 Å². The van der Waals surface area contributed by atoms with E-state index in [2.05, 4.69) is 26.7 Å². The summed E-state index contributed by atoms with van der Waals surface area (Å²) >= 11 is 6.06. The number of rotatable bonds is 6. The standard InChI is InChI=1S/C21H24ClN5O3S/c1-21(9-4-3-5-10-21)18-12-19(30-16-8-6-7-15(22)11-16)25-20(24-18)26-31(28,29)17-13-23-27(2)14-17/h6-8,11-14H,3-5,9-10H2,1-2H3,(H,24,25,26). The number of benzene rings is 1. The van der Waals surface area contributed by atoms with Gasteiger partial charge in [-0.3, -0.25) is 4.68 Å². The van der Waals surface area contributed by atoms with E-state index in [1.807, 2.05) is 0 Å². The largest absolute Gasteiger partial charge is 0.439 e. The fourth-order valence-corrected chi connectivity index (χ4v) is 4.90. The van der Waals surface area contributed by atoms with Crippen molar-refractivity contribution in [3.8, 4) is 11.6 Å². The van der Waals surface area contributed by atoms with Crippen molar-refractivity contribution >= 4 is 27.6 Å². The fraction of sp³-hybridized carbons (Fsp3) is 0.381. The van der Waals surface area contributed by atoms with Gasteiger partial charge in [-0.2, -0.15) is 10.1 Å². The molecule has 0 radical (unpaired) electrons. The number of anilines is 1. The molecule has 0 unspecified atom stereocenters. The Bertz CT molecular complexity index is 1190. The molecule has 1 aliphatic carbocycles. The van der Waals surface area contributed by atoms with Crippen LogP contribution in [-0.2, 0) is 22.5 Å². The summed E-state index contributed by atoms with van der Waals surface area (Å²) in [5.41, 5.74) is 0.574. The minimum absolute atomic E-state index is 0.0326. The van der Waals surface area contributed by atoms with E-state index in [0.29, 0.717) is 10.8 Å². The first-order valence-electron chi connectivity index (χ1n) is 10.1. The molecule has 0 amide bonds. The highest BCUT2D eigenvalue weighted by atomic mass is 35.5. The van der Waals surface area contributed by atoms with Crippen LogP contribution in [-0.4, -0.2) is 28.2 Å². The number of hydrogen-bond donors (Lipinski definition) is 1. The number of nitrogens with one attached hydrogen (secondary N) is 1. The molecule has 1 aromatic carbocycles. The maximum atomic E-state index is 12.8. The summed E-state index contributed by atoms with van der Waals surface area (Å²) in [7, 11) is -2.24. The van der Waals surface area contributed by atoms with Crippen LogP contribution >= 0.6 is 11.6 Å². The molecular weight excluding hydrogens is 438 g/mol. The van der Waals surface area contributed by atoms with Crippen LogP contribution in [0.4, 0.5) is 5.95 Å². The van der Waals surface area contributed by atoms with Crippen LogP contribution in [0.15, 0.2) is 47.6 Å². The zero-order chi connectivity index (χ0) is 22.1. The van der Waals surface area contributed by atoms with Gasteiger partial charge in [-0.25, -0.2) is 18.1 Å². The van der Waals surface area contributed by atoms with Gasteiger partial charge in [0.1, 0.15) is 10.6 Å². The van der Waals surface area contributed by atoms with E-state index in [0.717, 1.165) is 31.4 Å². The van der Waals surface area contributed by atoms with Gasteiger partial charge in [0, 0.05) is 29.7 Å². The van der Waals surface area contributed by atoms with Crippen molar-refractivity contribution in [3.63, 3.8) is 0 Å². The maximum Gasteiger partial charge on any atom is 0.267 e. The number of hydrogen-bond acceptors (Lipinski definition) is 6. The van der Waals surface area contributed by atoms with Gasteiger partial charge in [0.25, 0.3) is 10.0 Å². The van der Waals surface area contributed by atoms with Crippen molar-refractivity contribution in [2.45, 2.75) is 49.3 Å². The van der Waals surface area contributed by atoms with Crippen LogP contribution in [0.1, 0.15) is 44.7 Å². The Morgan fingerprint density at radius 3 is 2.61 bits per heavy atom.